The number of ether oxygens (including phenoxy) is 1. The average molecular weight is 253 g/mol. The summed E-state index contributed by atoms with van der Waals surface area (Å²) in [7, 11) is 0. The number of nitrogens with zero attached hydrogens (tertiary/aromatic N) is 2. The van der Waals surface area contributed by atoms with Crippen LogP contribution in [0.5, 0.6) is 5.75 Å². The van der Waals surface area contributed by atoms with Crippen LogP contribution >= 0.6 is 0 Å². The van der Waals surface area contributed by atoms with Gasteiger partial charge in [0, 0.05) is 25.5 Å². The van der Waals surface area contributed by atoms with Gasteiger partial charge in [0.2, 0.25) is 0 Å². The highest BCUT2D eigenvalue weighted by Crippen LogP contribution is 2.11. The van der Waals surface area contributed by atoms with Gasteiger partial charge in [-0.2, -0.15) is 5.26 Å². The normalized spacial score (nSPS) is 9.84. The van der Waals surface area contributed by atoms with Crippen LogP contribution in [-0.2, 0) is 13.1 Å². The van der Waals surface area contributed by atoms with Crippen LogP contribution in [0, 0.1) is 11.3 Å². The summed E-state index contributed by atoms with van der Waals surface area (Å²) in [5.74, 6) is 0.722. The van der Waals surface area contributed by atoms with Crippen LogP contribution in [0.1, 0.15) is 11.1 Å². The quantitative estimate of drug-likeness (QED) is 0.858. The second-order valence-electron chi connectivity index (χ2n) is 4.05. The van der Waals surface area contributed by atoms with Crippen LogP contribution < -0.4 is 10.1 Å². The summed E-state index contributed by atoms with van der Waals surface area (Å²) >= 11 is 0. The molecule has 4 nitrogen and oxygen atoms in total. The second kappa shape index (κ2) is 7.14. The third kappa shape index (κ3) is 4.41. The first-order chi connectivity index (χ1) is 9.38. The molecule has 0 aliphatic heterocycles. The van der Waals surface area contributed by atoms with E-state index in [0.29, 0.717) is 0 Å². The lowest BCUT2D eigenvalue weighted by molar-refractivity contribution is 0.368. The highest BCUT2D eigenvalue weighted by atomic mass is 16.5. The van der Waals surface area contributed by atoms with Gasteiger partial charge in [-0.15, -0.1) is 0 Å². The van der Waals surface area contributed by atoms with Gasteiger partial charge in [0.25, 0.3) is 0 Å². The lowest BCUT2D eigenvalue weighted by Gasteiger charge is -2.06. The van der Waals surface area contributed by atoms with Crippen LogP contribution in [0.25, 0.3) is 0 Å². The van der Waals surface area contributed by atoms with E-state index in [2.05, 4.69) is 10.3 Å². The van der Waals surface area contributed by atoms with Crippen LogP contribution in [0.2, 0.25) is 0 Å². The molecule has 0 atom stereocenters. The van der Waals surface area contributed by atoms with Gasteiger partial charge in [-0.25, -0.2) is 0 Å². The van der Waals surface area contributed by atoms with E-state index in [9.17, 15) is 0 Å². The van der Waals surface area contributed by atoms with Gasteiger partial charge in [-0.3, -0.25) is 4.98 Å². The Hall–Kier alpha value is -2.38. The second-order valence-corrected chi connectivity index (χ2v) is 4.05. The number of rotatable bonds is 6. The molecule has 1 aromatic heterocycles. The fourth-order valence-electron chi connectivity index (χ4n) is 1.67. The van der Waals surface area contributed by atoms with Gasteiger partial charge in [0.15, 0.2) is 6.61 Å². The summed E-state index contributed by atoms with van der Waals surface area (Å²) < 4.78 is 5.20. The Morgan fingerprint density at radius 3 is 2.26 bits per heavy atom. The zero-order valence-electron chi connectivity index (χ0n) is 10.5. The molecule has 96 valence electrons. The van der Waals surface area contributed by atoms with Gasteiger partial charge in [0.05, 0.1) is 0 Å². The molecule has 1 N–H and O–H groups in total. The molecule has 0 spiro atoms. The minimum Gasteiger partial charge on any atom is -0.479 e. The third-order valence-corrected chi connectivity index (χ3v) is 2.63. The zero-order valence-corrected chi connectivity index (χ0v) is 10.5. The minimum absolute atomic E-state index is 0.0830. The van der Waals surface area contributed by atoms with Crippen LogP contribution in [-0.4, -0.2) is 11.6 Å². The van der Waals surface area contributed by atoms with Crippen molar-refractivity contribution in [3.05, 3.63) is 59.9 Å². The Labute approximate surface area is 112 Å². The van der Waals surface area contributed by atoms with Gasteiger partial charge in [-0.1, -0.05) is 12.1 Å². The summed E-state index contributed by atoms with van der Waals surface area (Å²) in [6.45, 7) is 1.69. The fraction of sp³-hybridized carbons (Fsp3) is 0.200. The predicted molar refractivity (Wildman–Crippen MR) is 72.3 cm³/mol. The molecule has 2 rings (SSSR count). The van der Waals surface area contributed by atoms with Crippen molar-refractivity contribution in [1.82, 2.24) is 10.3 Å². The van der Waals surface area contributed by atoms with E-state index in [-0.39, 0.29) is 6.61 Å². The number of nitriles is 1. The number of aromatic nitrogens is 1. The molecular formula is C15H15N3O. The monoisotopic (exact) mass is 253 g/mol. The van der Waals surface area contributed by atoms with Crippen molar-refractivity contribution >= 4 is 0 Å². The highest BCUT2D eigenvalue weighted by molar-refractivity contribution is 5.27. The smallest absolute Gasteiger partial charge is 0.174 e. The van der Waals surface area contributed by atoms with Crippen molar-refractivity contribution in [3.63, 3.8) is 0 Å². The molecule has 0 aliphatic rings. The molecule has 0 unspecified atom stereocenters. The van der Waals surface area contributed by atoms with E-state index in [1.54, 1.807) is 12.4 Å². The lowest BCUT2D eigenvalue weighted by atomic mass is 10.2. The van der Waals surface area contributed by atoms with E-state index in [4.69, 9.17) is 10.00 Å². The number of benzene rings is 1. The molecule has 0 amide bonds. The van der Waals surface area contributed by atoms with Crippen LogP contribution in [0.3, 0.4) is 0 Å². The third-order valence-electron chi connectivity index (χ3n) is 2.63. The maximum atomic E-state index is 8.42. The molecule has 1 aromatic carbocycles. The zero-order chi connectivity index (χ0) is 13.3. The molecule has 0 radical (unpaired) electrons. The molecule has 0 fully saturated rings. The Kier molecular flexibility index (Phi) is 4.91. The number of hydrogen-bond acceptors (Lipinski definition) is 4. The first-order valence-corrected chi connectivity index (χ1v) is 6.07. The number of pyridine rings is 1. The van der Waals surface area contributed by atoms with E-state index in [0.717, 1.165) is 18.8 Å². The molecule has 1 heterocycles. The first kappa shape index (κ1) is 13.1. The Balaban J connectivity index is 1.79. The summed E-state index contributed by atoms with van der Waals surface area (Å²) in [6, 6.07) is 13.7. The molecule has 19 heavy (non-hydrogen) atoms. The van der Waals surface area contributed by atoms with Crippen molar-refractivity contribution in [1.29, 1.82) is 5.26 Å². The minimum atomic E-state index is 0.0830. The van der Waals surface area contributed by atoms with E-state index >= 15 is 0 Å². The lowest BCUT2D eigenvalue weighted by Crippen LogP contribution is -2.12. The molecule has 2 aromatic rings. The van der Waals surface area contributed by atoms with Gasteiger partial charge < -0.3 is 10.1 Å². The van der Waals surface area contributed by atoms with Gasteiger partial charge >= 0.3 is 0 Å². The maximum absolute atomic E-state index is 8.42. The highest BCUT2D eigenvalue weighted by Gasteiger charge is 1.96. The molecule has 0 bridgehead atoms. The van der Waals surface area contributed by atoms with Crippen LogP contribution in [0.15, 0.2) is 48.8 Å². The van der Waals surface area contributed by atoms with E-state index in [1.165, 1.54) is 11.1 Å². The van der Waals surface area contributed by atoms with Crippen molar-refractivity contribution in [2.45, 2.75) is 13.1 Å². The molecule has 0 aliphatic carbocycles. The SMILES string of the molecule is N#CCOc1ccc(CNCc2ccncc2)cc1. The molecular weight excluding hydrogens is 238 g/mol. The summed E-state index contributed by atoms with van der Waals surface area (Å²) in [4.78, 5) is 3.98. The average Bonchev–Trinajstić information content (AvgIpc) is 2.47. The first-order valence-electron chi connectivity index (χ1n) is 6.07. The summed E-state index contributed by atoms with van der Waals surface area (Å²) in [5, 5.41) is 11.8. The van der Waals surface area contributed by atoms with Crippen molar-refractivity contribution in [3.8, 4) is 11.8 Å². The predicted octanol–water partition coefficient (Wildman–Crippen LogP) is 2.27. The largest absolute Gasteiger partial charge is 0.479 e. The molecule has 4 heteroatoms. The number of nitrogens with one attached hydrogen (secondary N) is 1. The van der Waals surface area contributed by atoms with Crippen molar-refractivity contribution < 1.29 is 4.74 Å². The van der Waals surface area contributed by atoms with E-state index < -0.39 is 0 Å². The van der Waals surface area contributed by atoms with Crippen molar-refractivity contribution in [2.75, 3.05) is 6.61 Å². The topological polar surface area (TPSA) is 57.9 Å². The number of hydrogen-bond donors (Lipinski definition) is 1. The summed E-state index contributed by atoms with van der Waals surface area (Å²) in [6.07, 6.45) is 3.58. The fourth-order valence-corrected chi connectivity index (χ4v) is 1.67. The Morgan fingerprint density at radius 2 is 1.63 bits per heavy atom. The molecule has 0 saturated carbocycles. The van der Waals surface area contributed by atoms with E-state index in [1.807, 2.05) is 42.5 Å². The maximum Gasteiger partial charge on any atom is 0.174 e. The van der Waals surface area contributed by atoms with Gasteiger partial charge in [0.1, 0.15) is 11.8 Å². The van der Waals surface area contributed by atoms with Crippen LogP contribution in [0.4, 0.5) is 0 Å². The van der Waals surface area contributed by atoms with Crippen molar-refractivity contribution in [2.24, 2.45) is 0 Å². The summed E-state index contributed by atoms with van der Waals surface area (Å²) in [5.41, 5.74) is 2.39. The Morgan fingerprint density at radius 1 is 1.00 bits per heavy atom. The molecule has 0 saturated heterocycles. The Bertz CT molecular complexity index is 532. The standard InChI is InChI=1S/C15H15N3O/c16-7-10-19-15-3-1-13(2-4-15)11-18-12-14-5-8-17-9-6-14/h1-6,8-9,18H,10-12H2. The van der Waals surface area contributed by atoms with Gasteiger partial charge in [-0.05, 0) is 35.4 Å².